The zero-order chi connectivity index (χ0) is 22.4. The Balaban J connectivity index is 1.53. The first-order chi connectivity index (χ1) is 14.8. The van der Waals surface area contributed by atoms with Crippen LogP contribution in [0.3, 0.4) is 0 Å². The molecule has 3 aromatic rings. The minimum absolute atomic E-state index is 0.0281. The number of nitrogens with zero attached hydrogens (tertiary/aromatic N) is 1. The van der Waals surface area contributed by atoms with Crippen molar-refractivity contribution in [1.82, 2.24) is 15.6 Å². The Morgan fingerprint density at radius 1 is 1.10 bits per heavy atom. The van der Waals surface area contributed by atoms with Gasteiger partial charge in [-0.3, -0.25) is 9.59 Å². The molecular weight excluding hydrogens is 431 g/mol. The van der Waals surface area contributed by atoms with Gasteiger partial charge in [-0.1, -0.05) is 24.3 Å². The van der Waals surface area contributed by atoms with E-state index in [2.05, 4.69) is 15.6 Å². The number of ether oxygens (including phenoxy) is 1. The summed E-state index contributed by atoms with van der Waals surface area (Å²) in [6, 6.07) is 11.9. The number of aromatic nitrogens is 1. The van der Waals surface area contributed by atoms with E-state index in [4.69, 9.17) is 4.74 Å². The fraction of sp³-hybridized carbons (Fsp3) is 0.190. The molecule has 162 valence electrons. The third kappa shape index (κ3) is 6.05. The number of alkyl halides is 3. The van der Waals surface area contributed by atoms with Gasteiger partial charge in [0.25, 0.3) is 5.91 Å². The molecule has 2 N–H and O–H groups in total. The van der Waals surface area contributed by atoms with E-state index in [1.165, 1.54) is 17.5 Å². The second-order valence-electron chi connectivity index (χ2n) is 6.42. The molecule has 6 nitrogen and oxygen atoms in total. The molecule has 2 aromatic carbocycles. The third-order valence-corrected chi connectivity index (χ3v) is 5.12. The lowest BCUT2D eigenvalue weighted by atomic mass is 10.1. The molecule has 0 aliphatic carbocycles. The maximum absolute atomic E-state index is 12.9. The van der Waals surface area contributed by atoms with E-state index >= 15 is 0 Å². The van der Waals surface area contributed by atoms with Crippen molar-refractivity contribution >= 4 is 23.2 Å². The van der Waals surface area contributed by atoms with Crippen LogP contribution in [-0.4, -0.2) is 30.5 Å². The minimum atomic E-state index is -4.47. The highest BCUT2D eigenvalue weighted by molar-refractivity contribution is 7.13. The number of carbonyl (C=O) groups is 2. The summed E-state index contributed by atoms with van der Waals surface area (Å²) in [6.45, 7) is 0.0283. The van der Waals surface area contributed by atoms with Crippen LogP contribution in [0, 0.1) is 0 Å². The second-order valence-corrected chi connectivity index (χ2v) is 7.28. The van der Waals surface area contributed by atoms with Gasteiger partial charge >= 0.3 is 6.18 Å². The molecule has 0 saturated heterocycles. The number of hydrogen-bond donors (Lipinski definition) is 2. The predicted octanol–water partition coefficient (Wildman–Crippen LogP) is 3.88. The predicted molar refractivity (Wildman–Crippen MR) is 110 cm³/mol. The van der Waals surface area contributed by atoms with Gasteiger partial charge < -0.3 is 15.4 Å². The highest BCUT2D eigenvalue weighted by atomic mass is 32.1. The van der Waals surface area contributed by atoms with Crippen LogP contribution in [0.15, 0.2) is 53.9 Å². The molecule has 0 fully saturated rings. The summed E-state index contributed by atoms with van der Waals surface area (Å²) in [6.07, 6.45) is -4.47. The van der Waals surface area contributed by atoms with Crippen LogP contribution in [0.4, 0.5) is 13.2 Å². The third-order valence-electron chi connectivity index (χ3n) is 4.23. The molecule has 0 aliphatic rings. The first-order valence-corrected chi connectivity index (χ1v) is 9.95. The molecule has 0 aliphatic heterocycles. The highest BCUT2D eigenvalue weighted by Crippen LogP contribution is 2.33. The summed E-state index contributed by atoms with van der Waals surface area (Å²) in [5, 5.41) is 6.83. The highest BCUT2D eigenvalue weighted by Gasteiger charge is 2.30. The van der Waals surface area contributed by atoms with Gasteiger partial charge in [-0.05, 0) is 29.8 Å². The molecule has 3 rings (SSSR count). The Hall–Kier alpha value is -3.40. The van der Waals surface area contributed by atoms with Crippen molar-refractivity contribution in [3.63, 3.8) is 0 Å². The van der Waals surface area contributed by atoms with Gasteiger partial charge in [-0.25, -0.2) is 4.98 Å². The number of methoxy groups -OCH3 is 1. The van der Waals surface area contributed by atoms with Crippen LogP contribution >= 0.6 is 11.3 Å². The number of thiazole rings is 1. The van der Waals surface area contributed by atoms with Crippen molar-refractivity contribution in [3.05, 3.63) is 70.7 Å². The normalized spacial score (nSPS) is 11.1. The molecule has 0 bridgehead atoms. The molecule has 0 radical (unpaired) electrons. The molecule has 0 atom stereocenters. The van der Waals surface area contributed by atoms with Crippen molar-refractivity contribution < 1.29 is 27.5 Å². The Kier molecular flexibility index (Phi) is 6.91. The van der Waals surface area contributed by atoms with Gasteiger partial charge in [0.05, 0.1) is 19.2 Å². The standard InChI is InChI=1S/C21H18F3N3O3S/c1-30-16-7-5-13(6-8-16)10-25-18(28)11-26-19(29)17-12-31-20(27-17)14-3-2-4-15(9-14)21(22,23)24/h2-9,12H,10-11H2,1H3,(H,25,28)(H,26,29). The van der Waals surface area contributed by atoms with E-state index in [9.17, 15) is 22.8 Å². The van der Waals surface area contributed by atoms with Crippen molar-refractivity contribution in [2.24, 2.45) is 0 Å². The maximum atomic E-state index is 12.9. The van der Waals surface area contributed by atoms with Crippen LogP contribution < -0.4 is 15.4 Å². The quantitative estimate of drug-likeness (QED) is 0.574. The van der Waals surface area contributed by atoms with Gasteiger partial charge in [0.2, 0.25) is 5.91 Å². The van der Waals surface area contributed by atoms with E-state index in [0.29, 0.717) is 5.75 Å². The molecule has 1 aromatic heterocycles. The fourth-order valence-corrected chi connectivity index (χ4v) is 3.39. The summed E-state index contributed by atoms with van der Waals surface area (Å²) in [4.78, 5) is 28.3. The number of halogens is 3. The van der Waals surface area contributed by atoms with Crippen molar-refractivity contribution in [3.8, 4) is 16.3 Å². The second kappa shape index (κ2) is 9.61. The summed E-state index contributed by atoms with van der Waals surface area (Å²) < 4.78 is 43.7. The van der Waals surface area contributed by atoms with Crippen LogP contribution in [0.5, 0.6) is 5.75 Å². The zero-order valence-corrected chi connectivity index (χ0v) is 17.1. The van der Waals surface area contributed by atoms with Gasteiger partial charge in [0.1, 0.15) is 16.5 Å². The molecule has 2 amide bonds. The van der Waals surface area contributed by atoms with Crippen LogP contribution in [-0.2, 0) is 17.5 Å². The first-order valence-electron chi connectivity index (χ1n) is 9.07. The Morgan fingerprint density at radius 2 is 1.84 bits per heavy atom. The van der Waals surface area contributed by atoms with E-state index in [0.717, 1.165) is 29.0 Å². The van der Waals surface area contributed by atoms with Crippen molar-refractivity contribution in [2.75, 3.05) is 13.7 Å². The van der Waals surface area contributed by atoms with Crippen LogP contribution in [0.2, 0.25) is 0 Å². The van der Waals surface area contributed by atoms with Crippen molar-refractivity contribution in [1.29, 1.82) is 0 Å². The maximum Gasteiger partial charge on any atom is 0.416 e. The molecule has 10 heteroatoms. The van der Waals surface area contributed by atoms with E-state index in [-0.39, 0.29) is 29.4 Å². The van der Waals surface area contributed by atoms with Gasteiger partial charge in [-0.2, -0.15) is 13.2 Å². The monoisotopic (exact) mass is 449 g/mol. The topological polar surface area (TPSA) is 80.3 Å². The first kappa shape index (κ1) is 22.3. The van der Waals surface area contributed by atoms with E-state index in [1.54, 1.807) is 19.2 Å². The number of nitrogens with one attached hydrogen (secondary N) is 2. The van der Waals surface area contributed by atoms with Crippen LogP contribution in [0.25, 0.3) is 10.6 Å². The average Bonchev–Trinajstić information content (AvgIpc) is 3.26. The molecule has 31 heavy (non-hydrogen) atoms. The summed E-state index contributed by atoms with van der Waals surface area (Å²) >= 11 is 1.04. The van der Waals surface area contributed by atoms with E-state index < -0.39 is 23.6 Å². The fourth-order valence-electron chi connectivity index (χ4n) is 2.60. The molecule has 0 unspecified atom stereocenters. The number of carbonyl (C=O) groups excluding carboxylic acids is 2. The lowest BCUT2D eigenvalue weighted by molar-refractivity contribution is -0.137. The van der Waals surface area contributed by atoms with Crippen molar-refractivity contribution in [2.45, 2.75) is 12.7 Å². The minimum Gasteiger partial charge on any atom is -0.497 e. The number of amides is 2. The SMILES string of the molecule is COc1ccc(CNC(=O)CNC(=O)c2csc(-c3cccc(C(F)(F)F)c3)n2)cc1. The number of benzene rings is 2. The molecule has 1 heterocycles. The molecule has 0 spiro atoms. The van der Waals surface area contributed by atoms with Gasteiger partial charge in [-0.15, -0.1) is 11.3 Å². The smallest absolute Gasteiger partial charge is 0.416 e. The van der Waals surface area contributed by atoms with E-state index in [1.807, 2.05) is 12.1 Å². The Labute approximate surface area is 180 Å². The zero-order valence-electron chi connectivity index (χ0n) is 16.3. The Morgan fingerprint density at radius 3 is 2.52 bits per heavy atom. The van der Waals surface area contributed by atoms with Gasteiger partial charge in [0.15, 0.2) is 0 Å². The molecular formula is C21H18F3N3O3S. The van der Waals surface area contributed by atoms with Crippen LogP contribution in [0.1, 0.15) is 21.6 Å². The summed E-state index contributed by atoms with van der Waals surface area (Å²) in [7, 11) is 1.56. The summed E-state index contributed by atoms with van der Waals surface area (Å²) in [5.41, 5.74) is 0.363. The Bertz CT molecular complexity index is 1070. The lowest BCUT2D eigenvalue weighted by Crippen LogP contribution is -2.36. The number of hydrogen-bond acceptors (Lipinski definition) is 5. The number of rotatable bonds is 7. The molecule has 0 saturated carbocycles. The average molecular weight is 449 g/mol. The summed E-state index contributed by atoms with van der Waals surface area (Å²) in [5.74, 6) is -0.276. The van der Waals surface area contributed by atoms with Gasteiger partial charge in [0, 0.05) is 17.5 Å². The lowest BCUT2D eigenvalue weighted by Gasteiger charge is -2.07. The largest absolute Gasteiger partial charge is 0.497 e.